The largest absolute Gasteiger partial charge is 0.453 e. The molecule has 2 unspecified atom stereocenters. The lowest BCUT2D eigenvalue weighted by molar-refractivity contribution is -0.188. The molecule has 146 valence electrons. The predicted molar refractivity (Wildman–Crippen MR) is 101 cm³/mol. The average Bonchev–Trinajstić information content (AvgIpc) is 3.36. The van der Waals surface area contributed by atoms with Crippen LogP contribution in [-0.4, -0.2) is 27.5 Å². The summed E-state index contributed by atoms with van der Waals surface area (Å²) in [6, 6.07) is 11.5. The molecule has 2 aromatic carbocycles. The predicted octanol–water partition coefficient (Wildman–Crippen LogP) is 4.54. The summed E-state index contributed by atoms with van der Waals surface area (Å²) in [5.41, 5.74) is 0.811. The summed E-state index contributed by atoms with van der Waals surface area (Å²) in [4.78, 5) is 3.98. The Morgan fingerprint density at radius 1 is 1.29 bits per heavy atom. The molecule has 3 aromatic rings. The molecule has 1 aliphatic heterocycles. The van der Waals surface area contributed by atoms with Gasteiger partial charge in [0.1, 0.15) is 24.9 Å². The first-order valence-corrected chi connectivity index (χ1v) is 9.34. The van der Waals surface area contributed by atoms with Crippen molar-refractivity contribution in [2.45, 2.75) is 31.8 Å². The highest BCUT2D eigenvalue weighted by atomic mass is 35.5. The molecule has 1 aliphatic rings. The van der Waals surface area contributed by atoms with E-state index in [-0.39, 0.29) is 16.9 Å². The van der Waals surface area contributed by atoms with E-state index in [2.05, 4.69) is 17.0 Å². The van der Waals surface area contributed by atoms with Crippen LogP contribution in [0.4, 0.5) is 4.39 Å². The molecule has 0 bridgehead atoms. The number of benzene rings is 2. The first kappa shape index (κ1) is 18.9. The van der Waals surface area contributed by atoms with Gasteiger partial charge in [0.2, 0.25) is 5.79 Å². The summed E-state index contributed by atoms with van der Waals surface area (Å²) >= 11 is 6.03. The van der Waals surface area contributed by atoms with Gasteiger partial charge in [-0.25, -0.2) is 14.1 Å². The molecule has 1 aromatic heterocycles. The van der Waals surface area contributed by atoms with E-state index in [4.69, 9.17) is 25.8 Å². The summed E-state index contributed by atoms with van der Waals surface area (Å²) < 4.78 is 33.5. The van der Waals surface area contributed by atoms with Crippen LogP contribution in [0.5, 0.6) is 11.5 Å². The van der Waals surface area contributed by atoms with Gasteiger partial charge in [0.25, 0.3) is 0 Å². The van der Waals surface area contributed by atoms with Crippen LogP contribution in [0.25, 0.3) is 0 Å². The number of hydrogen-bond acceptors (Lipinski definition) is 5. The second-order valence-corrected chi connectivity index (χ2v) is 6.89. The third-order valence-corrected chi connectivity index (χ3v) is 4.88. The van der Waals surface area contributed by atoms with Crippen LogP contribution in [-0.2, 0) is 21.8 Å². The first-order valence-electron chi connectivity index (χ1n) is 8.96. The molecule has 8 heteroatoms. The number of aromatic nitrogens is 3. The minimum atomic E-state index is -0.970. The SMILES string of the molecule is CCC1COC(Cn2cncn2)(c2ccc(Oc3c(F)cccc3Cl)cc2)O1. The zero-order valence-electron chi connectivity index (χ0n) is 15.2. The molecule has 6 nitrogen and oxygen atoms in total. The average molecular weight is 404 g/mol. The van der Waals surface area contributed by atoms with Gasteiger partial charge < -0.3 is 14.2 Å². The zero-order chi connectivity index (χ0) is 19.6. The van der Waals surface area contributed by atoms with Gasteiger partial charge in [-0.2, -0.15) is 5.10 Å². The number of halogens is 2. The fourth-order valence-corrected chi connectivity index (χ4v) is 3.30. The maximum atomic E-state index is 14.0. The topological polar surface area (TPSA) is 58.4 Å². The lowest BCUT2D eigenvalue weighted by Crippen LogP contribution is -2.33. The Labute approximate surface area is 166 Å². The highest BCUT2D eigenvalue weighted by Crippen LogP contribution is 2.38. The molecule has 2 atom stereocenters. The van der Waals surface area contributed by atoms with E-state index in [0.29, 0.717) is 18.9 Å². The van der Waals surface area contributed by atoms with Gasteiger partial charge in [-0.15, -0.1) is 0 Å². The van der Waals surface area contributed by atoms with E-state index in [9.17, 15) is 4.39 Å². The van der Waals surface area contributed by atoms with Crippen molar-refractivity contribution in [1.82, 2.24) is 14.8 Å². The van der Waals surface area contributed by atoms with Gasteiger partial charge in [0.05, 0.1) is 17.7 Å². The summed E-state index contributed by atoms with van der Waals surface area (Å²) in [7, 11) is 0. The minimum Gasteiger partial charge on any atom is -0.453 e. The lowest BCUT2D eigenvalue weighted by Gasteiger charge is -2.28. The van der Waals surface area contributed by atoms with Crippen LogP contribution in [0.2, 0.25) is 5.02 Å². The van der Waals surface area contributed by atoms with Crippen LogP contribution in [0.15, 0.2) is 55.1 Å². The number of rotatable bonds is 6. The minimum absolute atomic E-state index is 0.00308. The molecule has 0 spiro atoms. The second-order valence-electron chi connectivity index (χ2n) is 6.48. The Morgan fingerprint density at radius 2 is 2.11 bits per heavy atom. The maximum Gasteiger partial charge on any atom is 0.215 e. The molecule has 1 saturated heterocycles. The van der Waals surface area contributed by atoms with Crippen molar-refractivity contribution in [2.24, 2.45) is 0 Å². The van der Waals surface area contributed by atoms with E-state index in [1.165, 1.54) is 18.5 Å². The van der Waals surface area contributed by atoms with Crippen molar-refractivity contribution >= 4 is 11.6 Å². The number of para-hydroxylation sites is 1. The van der Waals surface area contributed by atoms with E-state index >= 15 is 0 Å². The Hall–Kier alpha value is -2.48. The molecule has 2 heterocycles. The Morgan fingerprint density at radius 3 is 2.75 bits per heavy atom. The van der Waals surface area contributed by atoms with Crippen molar-refractivity contribution in [3.05, 3.63) is 71.5 Å². The molecule has 0 aliphatic carbocycles. The van der Waals surface area contributed by atoms with Gasteiger partial charge in [0, 0.05) is 5.56 Å². The Bertz CT molecular complexity index is 916. The van der Waals surface area contributed by atoms with Crippen LogP contribution in [0.3, 0.4) is 0 Å². The Kier molecular flexibility index (Phi) is 5.30. The standard InChI is InChI=1S/C20H19ClFN3O3/c1-2-15-10-26-20(28-15,11-25-13-23-12-24-25)14-6-8-16(9-7-14)27-19-17(21)4-3-5-18(19)22/h3-9,12-13,15H,2,10-11H2,1H3. The van der Waals surface area contributed by atoms with Crippen LogP contribution in [0.1, 0.15) is 18.9 Å². The fraction of sp³-hybridized carbons (Fsp3) is 0.300. The van der Waals surface area contributed by atoms with Crippen molar-refractivity contribution in [1.29, 1.82) is 0 Å². The highest BCUT2D eigenvalue weighted by molar-refractivity contribution is 6.32. The number of nitrogens with zero attached hydrogens (tertiary/aromatic N) is 3. The number of ether oxygens (including phenoxy) is 3. The third kappa shape index (κ3) is 3.73. The van der Waals surface area contributed by atoms with E-state index in [1.807, 2.05) is 12.1 Å². The van der Waals surface area contributed by atoms with Gasteiger partial charge in [-0.1, -0.05) is 24.6 Å². The molecule has 0 N–H and O–H groups in total. The summed E-state index contributed by atoms with van der Waals surface area (Å²) in [5, 5.41) is 4.37. The smallest absolute Gasteiger partial charge is 0.215 e. The van der Waals surface area contributed by atoms with Gasteiger partial charge >= 0.3 is 0 Å². The van der Waals surface area contributed by atoms with Crippen LogP contribution in [0, 0.1) is 5.82 Å². The fourth-order valence-electron chi connectivity index (χ4n) is 3.09. The van der Waals surface area contributed by atoms with Gasteiger partial charge in [0.15, 0.2) is 11.6 Å². The molecule has 0 amide bonds. The summed E-state index contributed by atoms with van der Waals surface area (Å²) in [6.07, 6.45) is 3.92. The molecular formula is C20H19ClFN3O3. The zero-order valence-corrected chi connectivity index (χ0v) is 16.0. The van der Waals surface area contributed by atoms with Crippen molar-refractivity contribution in [3.63, 3.8) is 0 Å². The van der Waals surface area contributed by atoms with E-state index in [1.54, 1.807) is 29.2 Å². The number of hydrogen-bond donors (Lipinski definition) is 0. The van der Waals surface area contributed by atoms with Crippen molar-refractivity contribution < 1.29 is 18.6 Å². The van der Waals surface area contributed by atoms with E-state index < -0.39 is 11.6 Å². The lowest BCUT2D eigenvalue weighted by atomic mass is 10.1. The molecule has 28 heavy (non-hydrogen) atoms. The monoisotopic (exact) mass is 403 g/mol. The highest BCUT2D eigenvalue weighted by Gasteiger charge is 2.43. The summed E-state index contributed by atoms with van der Waals surface area (Å²) in [6.45, 7) is 2.91. The molecule has 4 rings (SSSR count). The molecule has 0 saturated carbocycles. The van der Waals surface area contributed by atoms with Crippen LogP contribution < -0.4 is 4.74 Å². The molecule has 1 fully saturated rings. The third-order valence-electron chi connectivity index (χ3n) is 4.58. The van der Waals surface area contributed by atoms with Crippen LogP contribution >= 0.6 is 11.6 Å². The normalized spacial score (nSPS) is 21.8. The summed E-state index contributed by atoms with van der Waals surface area (Å²) in [5.74, 6) is -1.04. The van der Waals surface area contributed by atoms with E-state index in [0.717, 1.165) is 12.0 Å². The first-order chi connectivity index (χ1) is 13.6. The van der Waals surface area contributed by atoms with Gasteiger partial charge in [-0.3, -0.25) is 0 Å². The Balaban J connectivity index is 1.60. The van der Waals surface area contributed by atoms with Gasteiger partial charge in [-0.05, 0) is 42.8 Å². The second kappa shape index (κ2) is 7.87. The molecular weight excluding hydrogens is 385 g/mol. The molecule has 0 radical (unpaired) electrons. The maximum absolute atomic E-state index is 14.0. The van der Waals surface area contributed by atoms with Crippen molar-refractivity contribution in [2.75, 3.05) is 6.61 Å². The quantitative estimate of drug-likeness (QED) is 0.604. The van der Waals surface area contributed by atoms with Crippen molar-refractivity contribution in [3.8, 4) is 11.5 Å².